The Labute approximate surface area is 146 Å². The second-order valence-electron chi connectivity index (χ2n) is 5.56. The van der Waals surface area contributed by atoms with Crippen molar-refractivity contribution in [1.29, 1.82) is 5.26 Å². The predicted octanol–water partition coefficient (Wildman–Crippen LogP) is 2.90. The van der Waals surface area contributed by atoms with Crippen molar-refractivity contribution in [3.8, 4) is 11.8 Å². The minimum atomic E-state index is -0.439. The van der Waals surface area contributed by atoms with Crippen LogP contribution in [0.25, 0.3) is 11.8 Å². The number of aromatic nitrogens is 1. The van der Waals surface area contributed by atoms with E-state index in [1.807, 2.05) is 30.6 Å². The smallest absolute Gasteiger partial charge is 0.262 e. The van der Waals surface area contributed by atoms with E-state index in [0.717, 1.165) is 22.6 Å². The molecule has 0 aliphatic heterocycles. The van der Waals surface area contributed by atoms with E-state index in [9.17, 15) is 14.4 Å². The van der Waals surface area contributed by atoms with E-state index in [0.29, 0.717) is 13.2 Å². The Morgan fingerprint density at radius 3 is 2.64 bits per heavy atom. The van der Waals surface area contributed by atoms with Gasteiger partial charge in [-0.25, -0.2) is 4.39 Å². The number of aryl methyl sites for hydroxylation is 1. The number of benzene rings is 1. The highest BCUT2D eigenvalue weighted by molar-refractivity contribution is 6.01. The molecule has 2 rings (SSSR count). The summed E-state index contributed by atoms with van der Waals surface area (Å²) in [5, 5.41) is 11.9. The first-order valence-electron chi connectivity index (χ1n) is 7.81. The molecule has 0 radical (unpaired) electrons. The van der Waals surface area contributed by atoms with Crippen LogP contribution in [0.2, 0.25) is 0 Å². The van der Waals surface area contributed by atoms with Gasteiger partial charge in [-0.2, -0.15) is 5.26 Å². The van der Waals surface area contributed by atoms with Gasteiger partial charge in [-0.1, -0.05) is 0 Å². The van der Waals surface area contributed by atoms with Crippen LogP contribution >= 0.6 is 0 Å². The molecule has 0 aliphatic carbocycles. The molecule has 0 unspecified atom stereocenters. The summed E-state index contributed by atoms with van der Waals surface area (Å²) in [6, 6.07) is 9.98. The van der Waals surface area contributed by atoms with Gasteiger partial charge in [0.25, 0.3) is 5.91 Å². The summed E-state index contributed by atoms with van der Waals surface area (Å²) in [4.78, 5) is 12.1. The van der Waals surface area contributed by atoms with Gasteiger partial charge in [-0.05, 0) is 55.8 Å². The number of amides is 1. The van der Waals surface area contributed by atoms with Gasteiger partial charge in [0.15, 0.2) is 0 Å². The van der Waals surface area contributed by atoms with Gasteiger partial charge in [-0.15, -0.1) is 0 Å². The first-order valence-corrected chi connectivity index (χ1v) is 7.81. The Morgan fingerprint density at radius 1 is 1.36 bits per heavy atom. The van der Waals surface area contributed by atoms with E-state index in [-0.39, 0.29) is 11.4 Å². The molecule has 2 aromatic rings. The molecule has 0 saturated carbocycles. The van der Waals surface area contributed by atoms with Gasteiger partial charge in [0.2, 0.25) is 0 Å². The third kappa shape index (κ3) is 4.34. The number of methoxy groups -OCH3 is 1. The lowest BCUT2D eigenvalue weighted by Gasteiger charge is -2.09. The third-order valence-electron chi connectivity index (χ3n) is 3.81. The molecule has 1 heterocycles. The highest BCUT2D eigenvalue weighted by Gasteiger charge is 2.13. The van der Waals surface area contributed by atoms with Crippen LogP contribution in [0.3, 0.4) is 0 Å². The second-order valence-corrected chi connectivity index (χ2v) is 5.56. The number of rotatable bonds is 6. The summed E-state index contributed by atoms with van der Waals surface area (Å²) in [6.45, 7) is 4.52. The maximum Gasteiger partial charge on any atom is 0.262 e. The van der Waals surface area contributed by atoms with Gasteiger partial charge in [0, 0.05) is 30.7 Å². The molecule has 0 fully saturated rings. The molecule has 6 heteroatoms. The quantitative estimate of drug-likeness (QED) is 0.499. The molecule has 130 valence electrons. The molecule has 0 spiro atoms. The van der Waals surface area contributed by atoms with Gasteiger partial charge in [0.05, 0.1) is 6.61 Å². The highest BCUT2D eigenvalue weighted by atomic mass is 19.1. The van der Waals surface area contributed by atoms with Crippen LogP contribution in [0.1, 0.15) is 17.0 Å². The van der Waals surface area contributed by atoms with Gasteiger partial charge < -0.3 is 14.6 Å². The molecule has 0 saturated heterocycles. The van der Waals surface area contributed by atoms with Crippen LogP contribution in [-0.2, 0) is 9.53 Å². The molecule has 0 atom stereocenters. The number of ether oxygens (including phenoxy) is 1. The molecular formula is C19H20FN3O2. The Morgan fingerprint density at radius 2 is 2.04 bits per heavy atom. The molecule has 25 heavy (non-hydrogen) atoms. The largest absolute Gasteiger partial charge is 0.383 e. The van der Waals surface area contributed by atoms with E-state index in [2.05, 4.69) is 5.32 Å². The van der Waals surface area contributed by atoms with Crippen LogP contribution in [0, 0.1) is 31.0 Å². The fourth-order valence-electron chi connectivity index (χ4n) is 2.59. The number of nitriles is 1. The molecule has 1 N–H and O–H groups in total. The molecule has 5 nitrogen and oxygen atoms in total. The maximum absolute atomic E-state index is 13.1. The van der Waals surface area contributed by atoms with E-state index in [1.54, 1.807) is 18.2 Å². The lowest BCUT2D eigenvalue weighted by molar-refractivity contribution is -0.117. The van der Waals surface area contributed by atoms with Crippen molar-refractivity contribution >= 4 is 12.0 Å². The van der Waals surface area contributed by atoms with E-state index in [1.165, 1.54) is 19.2 Å². The first-order chi connectivity index (χ1) is 12.0. The Balaban J connectivity index is 2.33. The molecule has 1 aromatic heterocycles. The number of carbonyl (C=O) groups is 1. The lowest BCUT2D eigenvalue weighted by Crippen LogP contribution is -2.27. The zero-order valence-corrected chi connectivity index (χ0v) is 14.5. The van der Waals surface area contributed by atoms with Crippen LogP contribution in [0.15, 0.2) is 35.9 Å². The predicted molar refractivity (Wildman–Crippen MR) is 93.7 cm³/mol. The maximum atomic E-state index is 13.1. The van der Waals surface area contributed by atoms with E-state index in [4.69, 9.17) is 4.74 Å². The minimum absolute atomic E-state index is 0.0236. The van der Waals surface area contributed by atoms with Gasteiger partial charge >= 0.3 is 0 Å². The third-order valence-corrected chi connectivity index (χ3v) is 3.81. The van der Waals surface area contributed by atoms with Crippen LogP contribution in [0.5, 0.6) is 0 Å². The van der Waals surface area contributed by atoms with Crippen molar-refractivity contribution in [3.63, 3.8) is 0 Å². The summed E-state index contributed by atoms with van der Waals surface area (Å²) in [7, 11) is 1.54. The molecule has 0 bridgehead atoms. The number of nitrogens with one attached hydrogen (secondary N) is 1. The number of hydrogen-bond donors (Lipinski definition) is 1. The average molecular weight is 341 g/mol. The summed E-state index contributed by atoms with van der Waals surface area (Å²) < 4.78 is 20.0. The van der Waals surface area contributed by atoms with Crippen LogP contribution in [-0.4, -0.2) is 30.7 Å². The fourth-order valence-corrected chi connectivity index (χ4v) is 2.59. The van der Waals surface area contributed by atoms with Crippen molar-refractivity contribution in [3.05, 3.63) is 58.7 Å². The van der Waals surface area contributed by atoms with Crippen molar-refractivity contribution < 1.29 is 13.9 Å². The van der Waals surface area contributed by atoms with Crippen LogP contribution in [0.4, 0.5) is 4.39 Å². The Hall–Kier alpha value is -2.91. The van der Waals surface area contributed by atoms with Crippen molar-refractivity contribution in [2.75, 3.05) is 20.3 Å². The molecule has 1 aromatic carbocycles. The standard InChI is InChI=1S/C19H20FN3O2/c1-13-10-15(11-16(12-21)19(24)22-8-9-25-3)14(2)23(13)18-6-4-17(20)5-7-18/h4-7,10-11H,8-9H2,1-3H3,(H,22,24). The van der Waals surface area contributed by atoms with Crippen molar-refractivity contribution in [2.45, 2.75) is 13.8 Å². The SMILES string of the molecule is COCCNC(=O)C(C#N)=Cc1cc(C)n(-c2ccc(F)cc2)c1C. The first kappa shape index (κ1) is 18.4. The summed E-state index contributed by atoms with van der Waals surface area (Å²) >= 11 is 0. The summed E-state index contributed by atoms with van der Waals surface area (Å²) in [5.74, 6) is -0.739. The zero-order chi connectivity index (χ0) is 18.4. The van der Waals surface area contributed by atoms with E-state index < -0.39 is 5.91 Å². The van der Waals surface area contributed by atoms with Gasteiger partial charge in [-0.3, -0.25) is 4.79 Å². The minimum Gasteiger partial charge on any atom is -0.383 e. The van der Waals surface area contributed by atoms with Crippen molar-refractivity contribution in [2.24, 2.45) is 0 Å². The number of carbonyl (C=O) groups excluding carboxylic acids is 1. The topological polar surface area (TPSA) is 67.0 Å². The number of nitrogens with zero attached hydrogens (tertiary/aromatic N) is 2. The van der Waals surface area contributed by atoms with Gasteiger partial charge in [0.1, 0.15) is 17.5 Å². The van der Waals surface area contributed by atoms with Crippen molar-refractivity contribution in [1.82, 2.24) is 9.88 Å². The molecule has 1 amide bonds. The molecule has 0 aliphatic rings. The number of hydrogen-bond acceptors (Lipinski definition) is 3. The second kappa shape index (κ2) is 8.27. The number of halogens is 1. The average Bonchev–Trinajstić information content (AvgIpc) is 2.87. The lowest BCUT2D eigenvalue weighted by atomic mass is 10.1. The summed E-state index contributed by atoms with van der Waals surface area (Å²) in [5.41, 5.74) is 3.39. The van der Waals surface area contributed by atoms with Crippen LogP contribution < -0.4 is 5.32 Å². The molecular weight excluding hydrogens is 321 g/mol. The summed E-state index contributed by atoms with van der Waals surface area (Å²) in [6.07, 6.45) is 1.56. The normalized spacial score (nSPS) is 11.2. The highest BCUT2D eigenvalue weighted by Crippen LogP contribution is 2.23. The Kier molecular flexibility index (Phi) is 6.09. The van der Waals surface area contributed by atoms with E-state index >= 15 is 0 Å². The zero-order valence-electron chi connectivity index (χ0n) is 14.5. The monoisotopic (exact) mass is 341 g/mol. The fraction of sp³-hybridized carbons (Fsp3) is 0.263. The Bertz CT molecular complexity index is 830.